The Kier molecular flexibility index (Phi) is 4.45. The number of allylic oxidation sites excluding steroid dienone is 6. The average Bonchev–Trinajstić information content (AvgIpc) is 2.61. The maximum atomic E-state index is 2.48. The molecule has 0 aromatic carbocycles. The summed E-state index contributed by atoms with van der Waals surface area (Å²) in [6.45, 7) is 9.49. The minimum absolute atomic E-state index is 0.743. The van der Waals surface area contributed by atoms with Gasteiger partial charge in [0.15, 0.2) is 0 Å². The summed E-state index contributed by atoms with van der Waals surface area (Å²) in [5.41, 5.74) is 4.59. The van der Waals surface area contributed by atoms with Crippen molar-refractivity contribution in [2.45, 2.75) is 40.0 Å². The normalized spacial score (nSPS) is 31.0. The molecule has 2 rings (SSSR count). The zero-order valence-corrected chi connectivity index (χ0v) is 12.4. The fourth-order valence-corrected chi connectivity index (χ4v) is 3.19. The van der Waals surface area contributed by atoms with E-state index >= 15 is 0 Å². The van der Waals surface area contributed by atoms with Crippen molar-refractivity contribution in [2.75, 3.05) is 20.1 Å². The lowest BCUT2D eigenvalue weighted by Gasteiger charge is -2.24. The average molecular weight is 245 g/mol. The second-order valence-corrected chi connectivity index (χ2v) is 6.07. The first-order valence-corrected chi connectivity index (χ1v) is 7.32. The molecule has 0 spiro atoms. The number of hydrogen-bond acceptors (Lipinski definition) is 1. The molecule has 0 N–H and O–H groups in total. The Balaban J connectivity index is 2.28. The molecule has 0 aromatic rings. The molecule has 0 radical (unpaired) electrons. The summed E-state index contributed by atoms with van der Waals surface area (Å²) in [6.07, 6.45) is 10.8. The first kappa shape index (κ1) is 13.6. The van der Waals surface area contributed by atoms with Gasteiger partial charge in [-0.1, -0.05) is 30.7 Å². The van der Waals surface area contributed by atoms with Crippen molar-refractivity contribution in [3.8, 4) is 0 Å². The predicted molar refractivity (Wildman–Crippen MR) is 79.6 cm³/mol. The molecule has 2 unspecified atom stereocenters. The molecule has 18 heavy (non-hydrogen) atoms. The van der Waals surface area contributed by atoms with Crippen LogP contribution in [-0.2, 0) is 0 Å². The van der Waals surface area contributed by atoms with Gasteiger partial charge >= 0.3 is 0 Å². The molecule has 1 aliphatic carbocycles. The van der Waals surface area contributed by atoms with Gasteiger partial charge in [0.1, 0.15) is 0 Å². The van der Waals surface area contributed by atoms with E-state index in [1.807, 2.05) is 0 Å². The smallest absolute Gasteiger partial charge is 0.00159 e. The van der Waals surface area contributed by atoms with E-state index < -0.39 is 0 Å². The molecule has 1 fully saturated rings. The van der Waals surface area contributed by atoms with Crippen LogP contribution in [0, 0.1) is 11.8 Å². The van der Waals surface area contributed by atoms with Crippen LogP contribution in [0.15, 0.2) is 34.9 Å². The molecule has 1 aliphatic heterocycles. The molecule has 1 heteroatoms. The Hall–Kier alpha value is -0.820. The van der Waals surface area contributed by atoms with Gasteiger partial charge in [0.2, 0.25) is 0 Å². The summed E-state index contributed by atoms with van der Waals surface area (Å²) in [6, 6.07) is 0. The summed E-state index contributed by atoms with van der Waals surface area (Å²) in [5.74, 6) is 1.54. The Morgan fingerprint density at radius 2 is 1.89 bits per heavy atom. The molecule has 100 valence electrons. The number of rotatable bonds is 1. The highest BCUT2D eigenvalue weighted by molar-refractivity contribution is 5.41. The zero-order valence-electron chi connectivity index (χ0n) is 12.4. The van der Waals surface area contributed by atoms with Crippen molar-refractivity contribution in [2.24, 2.45) is 11.8 Å². The van der Waals surface area contributed by atoms with Gasteiger partial charge in [0.05, 0.1) is 0 Å². The van der Waals surface area contributed by atoms with Gasteiger partial charge in [-0.2, -0.15) is 0 Å². The fraction of sp³-hybridized carbons (Fsp3) is 0.647. The van der Waals surface area contributed by atoms with Crippen molar-refractivity contribution in [1.82, 2.24) is 4.90 Å². The van der Waals surface area contributed by atoms with E-state index in [9.17, 15) is 0 Å². The van der Waals surface area contributed by atoms with Gasteiger partial charge in [-0.15, -0.1) is 0 Å². The summed E-state index contributed by atoms with van der Waals surface area (Å²) < 4.78 is 0. The summed E-state index contributed by atoms with van der Waals surface area (Å²) in [4.78, 5) is 2.48. The molecule has 1 heterocycles. The van der Waals surface area contributed by atoms with Crippen LogP contribution in [0.4, 0.5) is 0 Å². The van der Waals surface area contributed by atoms with Crippen molar-refractivity contribution in [1.29, 1.82) is 0 Å². The van der Waals surface area contributed by atoms with Crippen LogP contribution in [0.2, 0.25) is 0 Å². The topological polar surface area (TPSA) is 3.24 Å². The minimum Gasteiger partial charge on any atom is -0.306 e. The van der Waals surface area contributed by atoms with Crippen molar-refractivity contribution >= 4 is 0 Å². The molecule has 0 amide bonds. The number of hydrogen-bond donors (Lipinski definition) is 0. The summed E-state index contributed by atoms with van der Waals surface area (Å²) in [7, 11) is 2.25. The lowest BCUT2D eigenvalue weighted by Crippen LogP contribution is -2.19. The summed E-state index contributed by atoms with van der Waals surface area (Å²) >= 11 is 0. The van der Waals surface area contributed by atoms with E-state index in [0.29, 0.717) is 0 Å². The minimum atomic E-state index is 0.743. The van der Waals surface area contributed by atoms with Gasteiger partial charge in [-0.3, -0.25) is 0 Å². The summed E-state index contributed by atoms with van der Waals surface area (Å²) in [5, 5.41) is 0. The van der Waals surface area contributed by atoms with Crippen LogP contribution in [0.1, 0.15) is 40.0 Å². The van der Waals surface area contributed by atoms with Crippen LogP contribution in [0.3, 0.4) is 0 Å². The fourth-order valence-electron chi connectivity index (χ4n) is 3.19. The van der Waals surface area contributed by atoms with E-state index in [2.05, 4.69) is 50.9 Å². The highest BCUT2D eigenvalue weighted by atomic mass is 15.1. The molecular weight excluding hydrogens is 218 g/mol. The van der Waals surface area contributed by atoms with E-state index in [-0.39, 0.29) is 0 Å². The van der Waals surface area contributed by atoms with Crippen LogP contribution in [0.25, 0.3) is 0 Å². The maximum Gasteiger partial charge on any atom is -0.00159 e. The van der Waals surface area contributed by atoms with E-state index in [1.54, 1.807) is 5.57 Å². The second kappa shape index (κ2) is 5.88. The highest BCUT2D eigenvalue weighted by Crippen LogP contribution is 2.35. The Bertz CT molecular complexity index is 386. The van der Waals surface area contributed by atoms with Gasteiger partial charge < -0.3 is 4.90 Å². The van der Waals surface area contributed by atoms with Gasteiger partial charge in [0.25, 0.3) is 0 Å². The SMILES string of the molecule is CC1=CCC=CC(C2CCN(C)CCC2C)=C1C. The van der Waals surface area contributed by atoms with Gasteiger partial charge in [-0.05, 0) is 76.2 Å². The molecule has 1 saturated heterocycles. The predicted octanol–water partition coefficient (Wildman–Crippen LogP) is 4.19. The Morgan fingerprint density at radius 1 is 1.17 bits per heavy atom. The molecule has 2 aliphatic rings. The Labute approximate surface area is 112 Å². The van der Waals surface area contributed by atoms with Gasteiger partial charge in [0, 0.05) is 0 Å². The lowest BCUT2D eigenvalue weighted by atomic mass is 9.80. The van der Waals surface area contributed by atoms with Crippen LogP contribution >= 0.6 is 0 Å². The third kappa shape index (κ3) is 2.95. The van der Waals surface area contributed by atoms with E-state index in [4.69, 9.17) is 0 Å². The highest BCUT2D eigenvalue weighted by Gasteiger charge is 2.25. The third-order valence-corrected chi connectivity index (χ3v) is 4.76. The second-order valence-electron chi connectivity index (χ2n) is 6.07. The molecule has 0 bridgehead atoms. The number of likely N-dealkylation sites (tertiary alicyclic amines) is 1. The number of nitrogens with zero attached hydrogens (tertiary/aromatic N) is 1. The molecule has 1 nitrogen and oxygen atoms in total. The van der Waals surface area contributed by atoms with Crippen LogP contribution < -0.4 is 0 Å². The molecule has 0 saturated carbocycles. The molecular formula is C17H27N. The Morgan fingerprint density at radius 3 is 2.67 bits per heavy atom. The third-order valence-electron chi connectivity index (χ3n) is 4.76. The lowest BCUT2D eigenvalue weighted by molar-refractivity contribution is 0.344. The van der Waals surface area contributed by atoms with Crippen LogP contribution in [0.5, 0.6) is 0 Å². The van der Waals surface area contributed by atoms with Gasteiger partial charge in [-0.25, -0.2) is 0 Å². The molecule has 2 atom stereocenters. The first-order valence-electron chi connectivity index (χ1n) is 7.32. The zero-order chi connectivity index (χ0) is 13.1. The monoisotopic (exact) mass is 245 g/mol. The van der Waals surface area contributed by atoms with E-state index in [0.717, 1.165) is 18.3 Å². The largest absolute Gasteiger partial charge is 0.306 e. The van der Waals surface area contributed by atoms with Crippen molar-refractivity contribution in [3.63, 3.8) is 0 Å². The molecule has 0 aromatic heterocycles. The van der Waals surface area contributed by atoms with Crippen molar-refractivity contribution < 1.29 is 0 Å². The quantitative estimate of drug-likeness (QED) is 0.669. The maximum absolute atomic E-state index is 2.48. The van der Waals surface area contributed by atoms with E-state index in [1.165, 1.54) is 37.1 Å². The van der Waals surface area contributed by atoms with Crippen molar-refractivity contribution in [3.05, 3.63) is 34.9 Å². The standard InChI is InChI=1S/C17H27N/c1-13-7-5-6-8-17(15(13)3)16-10-12-18(4)11-9-14(16)2/h6-8,14,16H,5,9-12H2,1-4H3. The van der Waals surface area contributed by atoms with Crippen LogP contribution in [-0.4, -0.2) is 25.0 Å². The first-order chi connectivity index (χ1) is 8.59.